The Morgan fingerprint density at radius 1 is 1.47 bits per heavy atom. The van der Waals surface area contributed by atoms with E-state index in [2.05, 4.69) is 34.6 Å². The van der Waals surface area contributed by atoms with Gasteiger partial charge in [0.25, 0.3) is 0 Å². The molecule has 6 nitrogen and oxygen atoms in total. The van der Waals surface area contributed by atoms with E-state index in [0.717, 1.165) is 43.7 Å². The minimum atomic E-state index is 0.235. The van der Waals surface area contributed by atoms with Crippen molar-refractivity contribution in [3.63, 3.8) is 0 Å². The third kappa shape index (κ3) is 3.33. The molecule has 106 valence electrons. The van der Waals surface area contributed by atoms with Crippen LogP contribution in [-0.2, 0) is 11.2 Å². The zero-order valence-electron chi connectivity index (χ0n) is 11.6. The third-order valence-electron chi connectivity index (χ3n) is 3.47. The average molecular weight is 265 g/mol. The molecule has 1 aromatic heterocycles. The number of hydrazine groups is 1. The van der Waals surface area contributed by atoms with E-state index in [1.165, 1.54) is 6.33 Å². The van der Waals surface area contributed by atoms with Crippen molar-refractivity contribution >= 4 is 11.6 Å². The molecule has 0 saturated carbocycles. The molecule has 2 heterocycles. The highest BCUT2D eigenvalue weighted by Crippen LogP contribution is 2.24. The summed E-state index contributed by atoms with van der Waals surface area (Å²) in [6, 6.07) is 0.235. The molecular formula is C13H23N5O. The fourth-order valence-electron chi connectivity index (χ4n) is 2.45. The normalized spacial score (nSPS) is 20.3. The molecule has 1 aromatic rings. The number of ether oxygens (including phenoxy) is 1. The number of nitrogens with zero attached hydrogens (tertiary/aromatic N) is 2. The summed E-state index contributed by atoms with van der Waals surface area (Å²) >= 11 is 0. The van der Waals surface area contributed by atoms with Gasteiger partial charge < -0.3 is 15.5 Å². The third-order valence-corrected chi connectivity index (χ3v) is 3.47. The van der Waals surface area contributed by atoms with Crippen LogP contribution in [0.2, 0.25) is 0 Å². The van der Waals surface area contributed by atoms with Crippen molar-refractivity contribution in [2.45, 2.75) is 51.7 Å². The van der Waals surface area contributed by atoms with Gasteiger partial charge in [0.2, 0.25) is 0 Å². The standard InChI is InChI=1S/C13H23N5O/c1-3-5-10-12(15-8-16-13(10)18-14)17-9(2)11-6-4-7-19-11/h8-9,11H,3-7,14H2,1-2H3,(H2,15,16,17,18). The lowest BCUT2D eigenvalue weighted by atomic mass is 10.1. The second-order valence-electron chi connectivity index (χ2n) is 4.93. The number of anilines is 2. The highest BCUT2D eigenvalue weighted by Gasteiger charge is 2.23. The summed E-state index contributed by atoms with van der Waals surface area (Å²) in [6.07, 6.45) is 5.94. The molecule has 0 bridgehead atoms. The lowest BCUT2D eigenvalue weighted by molar-refractivity contribution is 0.0995. The van der Waals surface area contributed by atoms with Gasteiger partial charge in [0.15, 0.2) is 0 Å². The first-order valence-electron chi connectivity index (χ1n) is 6.94. The van der Waals surface area contributed by atoms with Gasteiger partial charge in [0.05, 0.1) is 12.1 Å². The number of hydrogen-bond acceptors (Lipinski definition) is 6. The van der Waals surface area contributed by atoms with E-state index in [1.54, 1.807) is 0 Å². The van der Waals surface area contributed by atoms with Crippen molar-refractivity contribution in [3.8, 4) is 0 Å². The zero-order valence-corrected chi connectivity index (χ0v) is 11.6. The molecule has 0 amide bonds. The Morgan fingerprint density at radius 3 is 2.89 bits per heavy atom. The van der Waals surface area contributed by atoms with Crippen molar-refractivity contribution in [1.29, 1.82) is 0 Å². The Balaban J connectivity index is 2.13. The van der Waals surface area contributed by atoms with Gasteiger partial charge in [-0.05, 0) is 26.2 Å². The van der Waals surface area contributed by atoms with E-state index in [4.69, 9.17) is 10.6 Å². The Bertz CT molecular complexity index is 406. The predicted octanol–water partition coefficient (Wildman–Crippen LogP) is 1.69. The van der Waals surface area contributed by atoms with E-state index >= 15 is 0 Å². The van der Waals surface area contributed by atoms with Gasteiger partial charge in [-0.2, -0.15) is 0 Å². The molecule has 2 unspecified atom stereocenters. The maximum atomic E-state index is 5.70. The van der Waals surface area contributed by atoms with E-state index in [-0.39, 0.29) is 12.1 Å². The number of nitrogen functional groups attached to an aromatic ring is 1. The van der Waals surface area contributed by atoms with Crippen LogP contribution in [0.5, 0.6) is 0 Å². The molecule has 0 aliphatic carbocycles. The van der Waals surface area contributed by atoms with Crippen LogP contribution in [0.3, 0.4) is 0 Å². The maximum absolute atomic E-state index is 5.70. The maximum Gasteiger partial charge on any atom is 0.148 e. The molecule has 4 N–H and O–H groups in total. The van der Waals surface area contributed by atoms with Gasteiger partial charge in [-0.15, -0.1) is 0 Å². The Labute approximate surface area is 114 Å². The number of hydrogen-bond donors (Lipinski definition) is 3. The van der Waals surface area contributed by atoms with Gasteiger partial charge >= 0.3 is 0 Å². The van der Waals surface area contributed by atoms with E-state index < -0.39 is 0 Å². The van der Waals surface area contributed by atoms with E-state index in [1.807, 2.05) is 0 Å². The lowest BCUT2D eigenvalue weighted by Gasteiger charge is -2.22. The fourth-order valence-corrected chi connectivity index (χ4v) is 2.45. The first-order valence-corrected chi connectivity index (χ1v) is 6.94. The van der Waals surface area contributed by atoms with Crippen molar-refractivity contribution in [2.75, 3.05) is 17.3 Å². The zero-order chi connectivity index (χ0) is 13.7. The van der Waals surface area contributed by atoms with Gasteiger partial charge in [-0.25, -0.2) is 15.8 Å². The van der Waals surface area contributed by atoms with Crippen molar-refractivity contribution in [2.24, 2.45) is 5.84 Å². The highest BCUT2D eigenvalue weighted by molar-refractivity contribution is 5.57. The summed E-state index contributed by atoms with van der Waals surface area (Å²) in [5.74, 6) is 7.06. The summed E-state index contributed by atoms with van der Waals surface area (Å²) in [5.41, 5.74) is 3.68. The fraction of sp³-hybridized carbons (Fsp3) is 0.692. The molecule has 2 atom stereocenters. The monoisotopic (exact) mass is 265 g/mol. The quantitative estimate of drug-likeness (QED) is 0.536. The molecule has 2 rings (SSSR count). The average Bonchev–Trinajstić information content (AvgIpc) is 2.95. The first-order chi connectivity index (χ1) is 9.26. The van der Waals surface area contributed by atoms with Gasteiger partial charge in [-0.3, -0.25) is 0 Å². The van der Waals surface area contributed by atoms with Crippen LogP contribution in [0.4, 0.5) is 11.6 Å². The number of rotatable bonds is 6. The topological polar surface area (TPSA) is 85.1 Å². The molecule has 0 spiro atoms. The number of aromatic nitrogens is 2. The molecule has 19 heavy (non-hydrogen) atoms. The molecule has 1 aliphatic rings. The smallest absolute Gasteiger partial charge is 0.148 e. The van der Waals surface area contributed by atoms with E-state index in [9.17, 15) is 0 Å². The molecule has 6 heteroatoms. The number of nitrogens with two attached hydrogens (primary N) is 1. The summed E-state index contributed by atoms with van der Waals surface area (Å²) < 4.78 is 5.70. The Hall–Kier alpha value is -1.40. The number of nitrogens with one attached hydrogen (secondary N) is 2. The van der Waals surface area contributed by atoms with Crippen LogP contribution < -0.4 is 16.6 Å². The summed E-state index contributed by atoms with van der Waals surface area (Å²) in [6.45, 7) is 5.11. The Kier molecular flexibility index (Phi) is 4.93. The van der Waals surface area contributed by atoms with Crippen molar-refractivity contribution in [3.05, 3.63) is 11.9 Å². The molecule has 1 saturated heterocycles. The minimum Gasteiger partial charge on any atom is -0.376 e. The molecular weight excluding hydrogens is 242 g/mol. The Morgan fingerprint density at radius 2 is 2.26 bits per heavy atom. The van der Waals surface area contributed by atoms with Crippen LogP contribution in [0, 0.1) is 0 Å². The van der Waals surface area contributed by atoms with Crippen molar-refractivity contribution < 1.29 is 4.74 Å². The lowest BCUT2D eigenvalue weighted by Crippen LogP contribution is -2.31. The van der Waals surface area contributed by atoms with Crippen LogP contribution >= 0.6 is 0 Å². The first kappa shape index (κ1) is 14.0. The van der Waals surface area contributed by atoms with Crippen LogP contribution in [0.25, 0.3) is 0 Å². The van der Waals surface area contributed by atoms with Gasteiger partial charge in [0.1, 0.15) is 18.0 Å². The summed E-state index contributed by atoms with van der Waals surface area (Å²) in [4.78, 5) is 8.51. The second-order valence-corrected chi connectivity index (χ2v) is 4.93. The van der Waals surface area contributed by atoms with Crippen LogP contribution in [-0.4, -0.2) is 28.7 Å². The SMILES string of the molecule is CCCc1c(NN)ncnc1NC(C)C1CCCO1. The van der Waals surface area contributed by atoms with Crippen LogP contribution in [0.15, 0.2) is 6.33 Å². The highest BCUT2D eigenvalue weighted by atomic mass is 16.5. The molecule has 1 aliphatic heterocycles. The molecule has 0 radical (unpaired) electrons. The van der Waals surface area contributed by atoms with Gasteiger partial charge in [0, 0.05) is 12.2 Å². The van der Waals surface area contributed by atoms with Crippen LogP contribution in [0.1, 0.15) is 38.7 Å². The molecule has 1 fully saturated rings. The van der Waals surface area contributed by atoms with E-state index in [0.29, 0.717) is 5.82 Å². The predicted molar refractivity (Wildman–Crippen MR) is 75.9 cm³/mol. The molecule has 0 aromatic carbocycles. The largest absolute Gasteiger partial charge is 0.376 e. The summed E-state index contributed by atoms with van der Waals surface area (Å²) in [5, 5.41) is 3.44. The minimum absolute atomic E-state index is 0.235. The van der Waals surface area contributed by atoms with Crippen molar-refractivity contribution in [1.82, 2.24) is 9.97 Å². The second kappa shape index (κ2) is 6.68. The van der Waals surface area contributed by atoms with Gasteiger partial charge in [-0.1, -0.05) is 13.3 Å². The summed E-state index contributed by atoms with van der Waals surface area (Å²) in [7, 11) is 0.